The summed E-state index contributed by atoms with van der Waals surface area (Å²) in [5.74, 6) is 0.419. The summed E-state index contributed by atoms with van der Waals surface area (Å²) in [5.41, 5.74) is 1.32. The van der Waals surface area contributed by atoms with Gasteiger partial charge in [0.1, 0.15) is 0 Å². The van der Waals surface area contributed by atoms with Crippen LogP contribution in [-0.2, 0) is 10.3 Å². The molecule has 0 aliphatic carbocycles. The molecule has 0 unspecified atom stereocenters. The first-order valence-corrected chi connectivity index (χ1v) is 9.72. The molecule has 0 aromatic heterocycles. The van der Waals surface area contributed by atoms with E-state index in [9.17, 15) is 5.11 Å². The molecule has 140 valence electrons. The second-order valence-corrected chi connectivity index (χ2v) is 7.76. The van der Waals surface area contributed by atoms with Gasteiger partial charge in [-0.25, -0.2) is 0 Å². The van der Waals surface area contributed by atoms with Crippen molar-refractivity contribution in [1.82, 2.24) is 4.90 Å². The predicted molar refractivity (Wildman–Crippen MR) is 106 cm³/mol. The van der Waals surface area contributed by atoms with Crippen molar-refractivity contribution in [2.24, 2.45) is 5.92 Å². The molecule has 0 amide bonds. The van der Waals surface area contributed by atoms with Crippen molar-refractivity contribution in [3.05, 3.63) is 71.8 Å². The van der Waals surface area contributed by atoms with E-state index in [4.69, 9.17) is 4.74 Å². The summed E-state index contributed by atoms with van der Waals surface area (Å²) in [6.45, 7) is 8.61. The van der Waals surface area contributed by atoms with Crippen LogP contribution in [0.15, 0.2) is 60.7 Å². The van der Waals surface area contributed by atoms with E-state index in [1.54, 1.807) is 0 Å². The summed E-state index contributed by atoms with van der Waals surface area (Å²) in [6, 6.07) is 20.7. The van der Waals surface area contributed by atoms with Gasteiger partial charge < -0.3 is 9.84 Å². The van der Waals surface area contributed by atoms with Crippen LogP contribution in [0.2, 0.25) is 0 Å². The molecule has 1 N–H and O–H groups in total. The zero-order chi connectivity index (χ0) is 18.4. The summed E-state index contributed by atoms with van der Waals surface area (Å²) < 4.78 is 5.52. The first-order valence-electron chi connectivity index (χ1n) is 9.72. The summed E-state index contributed by atoms with van der Waals surface area (Å²) >= 11 is 0. The zero-order valence-corrected chi connectivity index (χ0v) is 16.0. The number of benzene rings is 2. The third-order valence-electron chi connectivity index (χ3n) is 5.32. The predicted octanol–water partition coefficient (Wildman–Crippen LogP) is 4.04. The molecule has 1 saturated heterocycles. The van der Waals surface area contributed by atoms with Crippen LogP contribution < -0.4 is 0 Å². The van der Waals surface area contributed by atoms with Crippen LogP contribution >= 0.6 is 0 Å². The van der Waals surface area contributed by atoms with Crippen LogP contribution in [0.4, 0.5) is 0 Å². The Morgan fingerprint density at radius 1 is 0.962 bits per heavy atom. The monoisotopic (exact) mass is 353 g/mol. The van der Waals surface area contributed by atoms with Crippen LogP contribution in [-0.4, -0.2) is 42.9 Å². The molecule has 1 fully saturated rings. The van der Waals surface area contributed by atoms with Crippen LogP contribution in [0, 0.1) is 5.92 Å². The van der Waals surface area contributed by atoms with E-state index in [0.717, 1.165) is 44.8 Å². The van der Waals surface area contributed by atoms with E-state index in [1.807, 2.05) is 24.3 Å². The average Bonchev–Trinajstić information content (AvgIpc) is 2.67. The molecule has 3 nitrogen and oxygen atoms in total. The number of aliphatic hydroxyl groups is 1. The van der Waals surface area contributed by atoms with Gasteiger partial charge in [0.2, 0.25) is 0 Å². The van der Waals surface area contributed by atoms with Gasteiger partial charge in [0.15, 0.2) is 0 Å². The molecule has 1 heterocycles. The Bertz CT molecular complexity index is 652. The first kappa shape index (κ1) is 19.1. The highest BCUT2D eigenvalue weighted by molar-refractivity contribution is 5.32. The van der Waals surface area contributed by atoms with Gasteiger partial charge in [-0.2, -0.15) is 0 Å². The Hall–Kier alpha value is -1.68. The van der Waals surface area contributed by atoms with Crippen LogP contribution in [0.25, 0.3) is 0 Å². The average molecular weight is 354 g/mol. The lowest BCUT2D eigenvalue weighted by atomic mass is 9.72. The lowest BCUT2D eigenvalue weighted by molar-refractivity contribution is -0.0356. The van der Waals surface area contributed by atoms with Gasteiger partial charge in [0.25, 0.3) is 0 Å². The molecular weight excluding hydrogens is 322 g/mol. The summed E-state index contributed by atoms with van der Waals surface area (Å²) in [7, 11) is 0. The number of ether oxygens (including phenoxy) is 1. The standard InChI is InChI=1S/C23H31NO2/c1-19(2)17-23(25,21-11-7-4-8-12-21)22(20-9-5-3-6-10-20)18-24-13-15-26-16-14-24/h3-12,19,22,25H,13-18H2,1-2H3/t22-,23-/m0/s1. The molecule has 0 saturated carbocycles. The van der Waals surface area contributed by atoms with Crippen molar-refractivity contribution in [3.63, 3.8) is 0 Å². The summed E-state index contributed by atoms with van der Waals surface area (Å²) in [5, 5.41) is 12.0. The molecule has 26 heavy (non-hydrogen) atoms. The second kappa shape index (κ2) is 8.81. The second-order valence-electron chi connectivity index (χ2n) is 7.76. The van der Waals surface area contributed by atoms with Gasteiger partial charge in [-0.15, -0.1) is 0 Å². The van der Waals surface area contributed by atoms with Crippen molar-refractivity contribution in [1.29, 1.82) is 0 Å². The largest absolute Gasteiger partial charge is 0.384 e. The van der Waals surface area contributed by atoms with E-state index >= 15 is 0 Å². The van der Waals surface area contributed by atoms with Crippen LogP contribution in [0.3, 0.4) is 0 Å². The Labute approximate surface area is 157 Å². The van der Waals surface area contributed by atoms with Crippen molar-refractivity contribution >= 4 is 0 Å². The van der Waals surface area contributed by atoms with E-state index in [-0.39, 0.29) is 5.92 Å². The fourth-order valence-corrected chi connectivity index (χ4v) is 4.07. The lowest BCUT2D eigenvalue weighted by Crippen LogP contribution is -2.45. The van der Waals surface area contributed by atoms with Crippen LogP contribution in [0.1, 0.15) is 37.3 Å². The number of hydrogen-bond donors (Lipinski definition) is 1. The summed E-state index contributed by atoms with van der Waals surface area (Å²) in [6.07, 6.45) is 0.737. The van der Waals surface area contributed by atoms with Crippen LogP contribution in [0.5, 0.6) is 0 Å². The van der Waals surface area contributed by atoms with E-state index in [1.165, 1.54) is 5.56 Å². The van der Waals surface area contributed by atoms with Gasteiger partial charge >= 0.3 is 0 Å². The SMILES string of the molecule is CC(C)C[C@](O)(c1ccccc1)[C@@H](CN1CCOCC1)c1ccccc1. The molecule has 0 spiro atoms. The molecule has 3 heteroatoms. The van der Waals surface area contributed by atoms with E-state index < -0.39 is 5.60 Å². The Morgan fingerprint density at radius 2 is 1.54 bits per heavy atom. The molecule has 2 aromatic carbocycles. The zero-order valence-electron chi connectivity index (χ0n) is 16.0. The Kier molecular flexibility index (Phi) is 6.47. The molecule has 1 aliphatic rings. The van der Waals surface area contributed by atoms with E-state index in [2.05, 4.69) is 55.1 Å². The Morgan fingerprint density at radius 3 is 2.12 bits per heavy atom. The van der Waals surface area contributed by atoms with Crippen molar-refractivity contribution < 1.29 is 9.84 Å². The molecule has 1 aliphatic heterocycles. The van der Waals surface area contributed by atoms with Crippen molar-refractivity contribution in [2.45, 2.75) is 31.8 Å². The quantitative estimate of drug-likeness (QED) is 0.815. The highest BCUT2D eigenvalue weighted by Crippen LogP contribution is 2.42. The number of nitrogens with zero attached hydrogens (tertiary/aromatic N) is 1. The minimum absolute atomic E-state index is 0.0200. The molecule has 3 rings (SSSR count). The van der Waals surface area contributed by atoms with Crippen molar-refractivity contribution in [2.75, 3.05) is 32.8 Å². The van der Waals surface area contributed by atoms with Gasteiger partial charge in [0, 0.05) is 25.6 Å². The highest BCUT2D eigenvalue weighted by Gasteiger charge is 2.40. The maximum Gasteiger partial charge on any atom is 0.0979 e. The maximum atomic E-state index is 12.0. The van der Waals surface area contributed by atoms with E-state index in [0.29, 0.717) is 5.92 Å². The fraction of sp³-hybridized carbons (Fsp3) is 0.478. The first-order chi connectivity index (χ1) is 12.6. The normalized spacial score (nSPS) is 19.2. The number of morpholine rings is 1. The molecular formula is C23H31NO2. The molecule has 0 bridgehead atoms. The highest BCUT2D eigenvalue weighted by atomic mass is 16.5. The smallest absolute Gasteiger partial charge is 0.0979 e. The molecule has 2 atom stereocenters. The van der Waals surface area contributed by atoms with Gasteiger partial charge in [-0.1, -0.05) is 74.5 Å². The van der Waals surface area contributed by atoms with Gasteiger partial charge in [-0.05, 0) is 23.5 Å². The van der Waals surface area contributed by atoms with Gasteiger partial charge in [0.05, 0.1) is 18.8 Å². The minimum Gasteiger partial charge on any atom is -0.384 e. The fourth-order valence-electron chi connectivity index (χ4n) is 4.07. The third-order valence-corrected chi connectivity index (χ3v) is 5.32. The van der Waals surface area contributed by atoms with Crippen molar-refractivity contribution in [3.8, 4) is 0 Å². The maximum absolute atomic E-state index is 12.0. The third kappa shape index (κ3) is 4.53. The number of hydrogen-bond acceptors (Lipinski definition) is 3. The summed E-state index contributed by atoms with van der Waals surface area (Å²) in [4.78, 5) is 2.43. The Balaban J connectivity index is 2.00. The molecule has 2 aromatic rings. The topological polar surface area (TPSA) is 32.7 Å². The van der Waals surface area contributed by atoms with Gasteiger partial charge in [-0.3, -0.25) is 4.90 Å². The lowest BCUT2D eigenvalue weighted by Gasteiger charge is -2.41. The molecule has 0 radical (unpaired) electrons. The number of rotatable bonds is 7. The minimum atomic E-state index is -0.894.